The van der Waals surface area contributed by atoms with Gasteiger partial charge >= 0.3 is 0 Å². The van der Waals surface area contributed by atoms with Crippen LogP contribution in [0.5, 0.6) is 0 Å². The van der Waals surface area contributed by atoms with E-state index in [-0.39, 0.29) is 18.6 Å². The molecule has 24 heavy (non-hydrogen) atoms. The molecule has 2 aromatic heterocycles. The van der Waals surface area contributed by atoms with Crippen molar-refractivity contribution >= 4 is 16.9 Å². The van der Waals surface area contributed by atoms with Crippen LogP contribution in [0.25, 0.3) is 22.3 Å². The Morgan fingerprint density at radius 2 is 2.00 bits per heavy atom. The third-order valence-electron chi connectivity index (χ3n) is 4.07. The third-order valence-corrected chi connectivity index (χ3v) is 4.07. The summed E-state index contributed by atoms with van der Waals surface area (Å²) < 4.78 is 0. The molecule has 0 saturated carbocycles. The summed E-state index contributed by atoms with van der Waals surface area (Å²) in [5, 5.41) is 22.6. The molecule has 6 nitrogen and oxygen atoms in total. The van der Waals surface area contributed by atoms with Crippen LogP contribution >= 0.6 is 0 Å². The van der Waals surface area contributed by atoms with Crippen molar-refractivity contribution in [2.45, 2.75) is 19.9 Å². The number of H-pyrrole nitrogens is 1. The fourth-order valence-electron chi connectivity index (χ4n) is 2.53. The van der Waals surface area contributed by atoms with Crippen LogP contribution in [0.4, 0.5) is 5.82 Å². The first kappa shape index (κ1) is 16.0. The number of aromatic nitrogens is 3. The van der Waals surface area contributed by atoms with Crippen LogP contribution in [0.2, 0.25) is 0 Å². The fraction of sp³-hybridized carbons (Fsp3) is 0.278. The van der Waals surface area contributed by atoms with Gasteiger partial charge < -0.3 is 15.4 Å². The number of nitriles is 1. The highest BCUT2D eigenvalue weighted by atomic mass is 16.3. The highest BCUT2D eigenvalue weighted by molar-refractivity contribution is 5.91. The fourth-order valence-corrected chi connectivity index (χ4v) is 2.53. The second-order valence-corrected chi connectivity index (χ2v) is 6.03. The van der Waals surface area contributed by atoms with Crippen LogP contribution in [0.15, 0.2) is 36.7 Å². The molecule has 1 aromatic carbocycles. The molecule has 0 aliphatic heterocycles. The van der Waals surface area contributed by atoms with Gasteiger partial charge in [-0.1, -0.05) is 26.0 Å². The quantitative estimate of drug-likeness (QED) is 0.671. The van der Waals surface area contributed by atoms with Gasteiger partial charge in [0.25, 0.3) is 0 Å². The first-order valence-corrected chi connectivity index (χ1v) is 7.84. The van der Waals surface area contributed by atoms with E-state index in [0.717, 1.165) is 22.3 Å². The smallest absolute Gasteiger partial charge is 0.143 e. The maximum Gasteiger partial charge on any atom is 0.143 e. The number of anilines is 1. The Hall–Kier alpha value is -2.91. The maximum absolute atomic E-state index is 9.52. The summed E-state index contributed by atoms with van der Waals surface area (Å²) in [7, 11) is 0. The molecule has 0 fully saturated rings. The van der Waals surface area contributed by atoms with E-state index >= 15 is 0 Å². The standard InChI is InChI=1S/C18H19N5O/c1-11(2)16(9-24)23-18-14-7-15(22-17(14)20-10-21-18)13-5-3-12(8-19)4-6-13/h3-7,10-11,16,24H,9H2,1-2H3,(H2,20,21,22,23). The number of hydrogen-bond donors (Lipinski definition) is 3. The zero-order chi connectivity index (χ0) is 17.1. The molecule has 0 saturated heterocycles. The average Bonchev–Trinajstić information content (AvgIpc) is 3.04. The summed E-state index contributed by atoms with van der Waals surface area (Å²) >= 11 is 0. The minimum atomic E-state index is -0.0728. The van der Waals surface area contributed by atoms with E-state index in [1.807, 2.05) is 32.0 Å². The largest absolute Gasteiger partial charge is 0.394 e. The lowest BCUT2D eigenvalue weighted by Crippen LogP contribution is -2.29. The SMILES string of the molecule is CC(C)C(CO)Nc1ncnc2[nH]c(-c3ccc(C#N)cc3)cc12. The molecule has 0 aliphatic rings. The Balaban J connectivity index is 1.98. The predicted molar refractivity (Wildman–Crippen MR) is 93.4 cm³/mol. The molecule has 1 unspecified atom stereocenters. The van der Waals surface area contributed by atoms with Gasteiger partial charge in [0, 0.05) is 5.69 Å². The summed E-state index contributed by atoms with van der Waals surface area (Å²) in [5.41, 5.74) is 3.23. The Morgan fingerprint density at radius 1 is 1.25 bits per heavy atom. The second kappa shape index (κ2) is 6.69. The Bertz CT molecular complexity index is 877. The van der Waals surface area contributed by atoms with Crippen LogP contribution in [-0.4, -0.2) is 32.7 Å². The molecular weight excluding hydrogens is 302 g/mol. The van der Waals surface area contributed by atoms with Gasteiger partial charge in [-0.25, -0.2) is 9.97 Å². The molecule has 0 radical (unpaired) electrons. The number of hydrogen-bond acceptors (Lipinski definition) is 5. The van der Waals surface area contributed by atoms with Gasteiger partial charge in [-0.05, 0) is 29.7 Å². The summed E-state index contributed by atoms with van der Waals surface area (Å²) in [6.07, 6.45) is 1.50. The highest BCUT2D eigenvalue weighted by Gasteiger charge is 2.15. The van der Waals surface area contributed by atoms with Gasteiger partial charge in [0.1, 0.15) is 17.8 Å². The van der Waals surface area contributed by atoms with E-state index in [0.29, 0.717) is 11.4 Å². The van der Waals surface area contributed by atoms with E-state index in [4.69, 9.17) is 5.26 Å². The predicted octanol–water partition coefficient (Wildman–Crippen LogP) is 2.93. The van der Waals surface area contributed by atoms with Gasteiger partial charge in [-0.2, -0.15) is 5.26 Å². The Labute approximate surface area is 140 Å². The molecular formula is C18H19N5O. The topological polar surface area (TPSA) is 97.6 Å². The molecule has 6 heteroatoms. The lowest BCUT2D eigenvalue weighted by Gasteiger charge is -2.20. The number of benzene rings is 1. The molecule has 0 aliphatic carbocycles. The van der Waals surface area contributed by atoms with Gasteiger partial charge in [-0.15, -0.1) is 0 Å². The number of aliphatic hydroxyl groups excluding tert-OH is 1. The number of aromatic amines is 1. The minimum absolute atomic E-state index is 0.0378. The van der Waals surface area contributed by atoms with Crippen molar-refractivity contribution in [3.8, 4) is 17.3 Å². The average molecular weight is 321 g/mol. The summed E-state index contributed by atoms with van der Waals surface area (Å²) in [6, 6.07) is 11.4. The molecule has 0 bridgehead atoms. The van der Waals surface area contributed by atoms with Crippen molar-refractivity contribution in [2.24, 2.45) is 5.92 Å². The molecule has 122 valence electrons. The second-order valence-electron chi connectivity index (χ2n) is 6.03. The van der Waals surface area contributed by atoms with E-state index in [1.165, 1.54) is 6.33 Å². The van der Waals surface area contributed by atoms with Crippen LogP contribution in [-0.2, 0) is 0 Å². The molecule has 2 heterocycles. The van der Waals surface area contributed by atoms with Crippen molar-refractivity contribution in [2.75, 3.05) is 11.9 Å². The number of nitrogens with zero attached hydrogens (tertiary/aromatic N) is 3. The van der Waals surface area contributed by atoms with Crippen molar-refractivity contribution in [3.63, 3.8) is 0 Å². The van der Waals surface area contributed by atoms with Crippen molar-refractivity contribution in [3.05, 3.63) is 42.2 Å². The highest BCUT2D eigenvalue weighted by Crippen LogP contribution is 2.27. The van der Waals surface area contributed by atoms with Crippen LogP contribution in [0.3, 0.4) is 0 Å². The van der Waals surface area contributed by atoms with Crippen LogP contribution in [0.1, 0.15) is 19.4 Å². The summed E-state index contributed by atoms with van der Waals surface area (Å²) in [6.45, 7) is 4.13. The zero-order valence-corrected chi connectivity index (χ0v) is 13.6. The van der Waals surface area contributed by atoms with Gasteiger partial charge in [0.15, 0.2) is 0 Å². The van der Waals surface area contributed by atoms with Gasteiger partial charge in [0.2, 0.25) is 0 Å². The first-order chi connectivity index (χ1) is 11.6. The number of aliphatic hydroxyl groups is 1. The molecule has 1 atom stereocenters. The molecule has 3 rings (SSSR count). The van der Waals surface area contributed by atoms with Gasteiger partial charge in [0.05, 0.1) is 29.7 Å². The molecule has 0 amide bonds. The number of nitrogens with one attached hydrogen (secondary N) is 2. The summed E-state index contributed by atoms with van der Waals surface area (Å²) in [5.74, 6) is 0.973. The third kappa shape index (κ3) is 3.07. The Morgan fingerprint density at radius 3 is 2.62 bits per heavy atom. The molecule has 3 aromatic rings. The minimum Gasteiger partial charge on any atom is -0.394 e. The lowest BCUT2D eigenvalue weighted by atomic mass is 10.1. The van der Waals surface area contributed by atoms with Crippen LogP contribution in [0, 0.1) is 17.2 Å². The van der Waals surface area contributed by atoms with E-state index in [2.05, 4.69) is 26.3 Å². The first-order valence-electron chi connectivity index (χ1n) is 7.84. The van der Waals surface area contributed by atoms with E-state index < -0.39 is 0 Å². The molecule has 3 N–H and O–H groups in total. The number of rotatable bonds is 5. The summed E-state index contributed by atoms with van der Waals surface area (Å²) in [4.78, 5) is 11.9. The van der Waals surface area contributed by atoms with Crippen LogP contribution < -0.4 is 5.32 Å². The van der Waals surface area contributed by atoms with Crippen molar-refractivity contribution in [1.29, 1.82) is 5.26 Å². The molecule has 0 spiro atoms. The van der Waals surface area contributed by atoms with Gasteiger partial charge in [-0.3, -0.25) is 0 Å². The Kier molecular flexibility index (Phi) is 4.45. The van der Waals surface area contributed by atoms with Crippen molar-refractivity contribution < 1.29 is 5.11 Å². The van der Waals surface area contributed by atoms with E-state index in [1.54, 1.807) is 12.1 Å². The number of fused-ring (bicyclic) bond motifs is 1. The zero-order valence-electron chi connectivity index (χ0n) is 13.6. The normalized spacial score (nSPS) is 12.3. The lowest BCUT2D eigenvalue weighted by molar-refractivity contribution is 0.249. The monoisotopic (exact) mass is 321 g/mol. The van der Waals surface area contributed by atoms with E-state index in [9.17, 15) is 5.11 Å². The maximum atomic E-state index is 9.52. The van der Waals surface area contributed by atoms with Crippen molar-refractivity contribution in [1.82, 2.24) is 15.0 Å².